The lowest BCUT2D eigenvalue weighted by atomic mass is 9.95. The molecule has 0 saturated carbocycles. The molecule has 1 heterocycles. The van der Waals surface area contributed by atoms with Crippen molar-refractivity contribution >= 4 is 33.4 Å². The van der Waals surface area contributed by atoms with E-state index in [1.54, 1.807) is 0 Å². The molecule has 0 radical (unpaired) electrons. The van der Waals surface area contributed by atoms with E-state index in [-0.39, 0.29) is 0 Å². The largest absolute Gasteiger partial charge is 0.246 e. The number of benzene rings is 3. The number of hydrogen-bond donors (Lipinski definition) is 0. The Kier molecular flexibility index (Phi) is 3.09. The first kappa shape index (κ1) is 13.3. The van der Waals surface area contributed by atoms with E-state index in [1.807, 2.05) is 18.2 Å². The Morgan fingerprint density at radius 1 is 0.818 bits per heavy atom. The van der Waals surface area contributed by atoms with Gasteiger partial charge in [-0.3, -0.25) is 0 Å². The second-order valence-electron chi connectivity index (χ2n) is 5.51. The summed E-state index contributed by atoms with van der Waals surface area (Å²) in [5.74, 6) is 0. The van der Waals surface area contributed by atoms with E-state index in [0.29, 0.717) is 5.02 Å². The van der Waals surface area contributed by atoms with Gasteiger partial charge in [-0.05, 0) is 30.7 Å². The fourth-order valence-corrected chi connectivity index (χ4v) is 3.18. The Bertz CT molecular complexity index is 987. The van der Waals surface area contributed by atoms with Crippen LogP contribution in [0.15, 0.2) is 66.7 Å². The molecule has 3 aromatic carbocycles. The molecule has 4 rings (SSSR count). The third-order valence-electron chi connectivity index (χ3n) is 3.97. The molecule has 0 aliphatic heterocycles. The van der Waals surface area contributed by atoms with E-state index in [9.17, 15) is 0 Å². The molecule has 0 bridgehead atoms. The standard InChI is InChI=1S/C20H14ClN/c1-13-10-11-18-16(12-13)19(14-6-3-2-4-7-14)15-8-5-9-17(21)20(15)22-18/h2-12H,1H3. The normalized spacial score (nSPS) is 11.2. The molecule has 106 valence electrons. The quantitative estimate of drug-likeness (QED) is 0.392. The van der Waals surface area contributed by atoms with Gasteiger partial charge < -0.3 is 0 Å². The summed E-state index contributed by atoms with van der Waals surface area (Å²) >= 11 is 6.39. The Morgan fingerprint density at radius 2 is 1.64 bits per heavy atom. The van der Waals surface area contributed by atoms with Crippen molar-refractivity contribution in [3.63, 3.8) is 0 Å². The van der Waals surface area contributed by atoms with Gasteiger partial charge in [0.15, 0.2) is 0 Å². The van der Waals surface area contributed by atoms with Crippen molar-refractivity contribution in [2.24, 2.45) is 0 Å². The second kappa shape index (κ2) is 5.11. The minimum Gasteiger partial charge on any atom is -0.246 e. The highest BCUT2D eigenvalue weighted by Gasteiger charge is 2.12. The molecule has 1 nitrogen and oxygen atoms in total. The van der Waals surface area contributed by atoms with Crippen LogP contribution in [0, 0.1) is 6.92 Å². The van der Waals surface area contributed by atoms with Crippen molar-refractivity contribution in [2.45, 2.75) is 6.92 Å². The molecular formula is C20H14ClN. The van der Waals surface area contributed by atoms with Crippen LogP contribution in [-0.4, -0.2) is 4.98 Å². The van der Waals surface area contributed by atoms with Crippen molar-refractivity contribution in [3.05, 3.63) is 77.3 Å². The summed E-state index contributed by atoms with van der Waals surface area (Å²) in [6, 6.07) is 22.8. The molecule has 0 saturated heterocycles. The highest BCUT2D eigenvalue weighted by molar-refractivity contribution is 6.36. The van der Waals surface area contributed by atoms with Crippen molar-refractivity contribution in [3.8, 4) is 11.1 Å². The predicted octanol–water partition coefficient (Wildman–Crippen LogP) is 6.02. The van der Waals surface area contributed by atoms with Gasteiger partial charge in [0, 0.05) is 16.3 Å². The van der Waals surface area contributed by atoms with Gasteiger partial charge >= 0.3 is 0 Å². The van der Waals surface area contributed by atoms with Crippen molar-refractivity contribution in [1.29, 1.82) is 0 Å². The second-order valence-corrected chi connectivity index (χ2v) is 5.92. The smallest absolute Gasteiger partial charge is 0.0902 e. The van der Waals surface area contributed by atoms with Gasteiger partial charge in [0.25, 0.3) is 0 Å². The zero-order valence-corrected chi connectivity index (χ0v) is 12.9. The topological polar surface area (TPSA) is 12.9 Å². The first-order chi connectivity index (χ1) is 10.7. The molecular weight excluding hydrogens is 290 g/mol. The third kappa shape index (κ3) is 2.06. The predicted molar refractivity (Wildman–Crippen MR) is 94.4 cm³/mol. The van der Waals surface area contributed by atoms with Crippen molar-refractivity contribution < 1.29 is 0 Å². The van der Waals surface area contributed by atoms with Gasteiger partial charge in [-0.25, -0.2) is 4.98 Å². The fraction of sp³-hybridized carbons (Fsp3) is 0.0500. The number of nitrogens with zero attached hydrogens (tertiary/aromatic N) is 1. The zero-order chi connectivity index (χ0) is 15.1. The van der Waals surface area contributed by atoms with Gasteiger partial charge in [-0.1, -0.05) is 65.7 Å². The maximum atomic E-state index is 6.39. The van der Waals surface area contributed by atoms with Gasteiger partial charge in [0.1, 0.15) is 0 Å². The SMILES string of the molecule is Cc1ccc2nc3c(Cl)cccc3c(-c3ccccc3)c2c1. The van der Waals surface area contributed by atoms with Gasteiger partial charge in [-0.2, -0.15) is 0 Å². The average molecular weight is 304 g/mol. The number of hydrogen-bond acceptors (Lipinski definition) is 1. The van der Waals surface area contributed by atoms with E-state index in [1.165, 1.54) is 22.1 Å². The molecule has 2 heteroatoms. The Hall–Kier alpha value is -2.38. The minimum atomic E-state index is 0.692. The van der Waals surface area contributed by atoms with Crippen LogP contribution in [0.5, 0.6) is 0 Å². The Balaban J connectivity index is 2.26. The lowest BCUT2D eigenvalue weighted by molar-refractivity contribution is 1.45. The lowest BCUT2D eigenvalue weighted by Crippen LogP contribution is -1.90. The van der Waals surface area contributed by atoms with Crippen LogP contribution in [0.3, 0.4) is 0 Å². The van der Waals surface area contributed by atoms with Crippen LogP contribution in [0.25, 0.3) is 32.9 Å². The van der Waals surface area contributed by atoms with Gasteiger partial charge in [-0.15, -0.1) is 0 Å². The summed E-state index contributed by atoms with van der Waals surface area (Å²) in [7, 11) is 0. The van der Waals surface area contributed by atoms with E-state index < -0.39 is 0 Å². The zero-order valence-electron chi connectivity index (χ0n) is 12.2. The number of halogens is 1. The van der Waals surface area contributed by atoms with E-state index in [4.69, 9.17) is 16.6 Å². The van der Waals surface area contributed by atoms with Gasteiger partial charge in [0.2, 0.25) is 0 Å². The van der Waals surface area contributed by atoms with Crippen molar-refractivity contribution in [1.82, 2.24) is 4.98 Å². The third-order valence-corrected chi connectivity index (χ3v) is 4.28. The van der Waals surface area contributed by atoms with E-state index >= 15 is 0 Å². The summed E-state index contributed by atoms with van der Waals surface area (Å²) in [5.41, 5.74) is 5.46. The monoisotopic (exact) mass is 303 g/mol. The van der Waals surface area contributed by atoms with Crippen LogP contribution < -0.4 is 0 Å². The van der Waals surface area contributed by atoms with Crippen LogP contribution in [0.4, 0.5) is 0 Å². The van der Waals surface area contributed by atoms with Crippen LogP contribution in [-0.2, 0) is 0 Å². The minimum absolute atomic E-state index is 0.692. The first-order valence-corrected chi connectivity index (χ1v) is 7.66. The molecule has 0 spiro atoms. The van der Waals surface area contributed by atoms with Crippen LogP contribution in [0.1, 0.15) is 5.56 Å². The highest BCUT2D eigenvalue weighted by Crippen LogP contribution is 2.37. The number of fused-ring (bicyclic) bond motifs is 2. The van der Waals surface area contributed by atoms with Crippen LogP contribution >= 0.6 is 11.6 Å². The summed E-state index contributed by atoms with van der Waals surface area (Å²) in [4.78, 5) is 4.77. The molecule has 0 N–H and O–H groups in total. The van der Waals surface area contributed by atoms with E-state index in [2.05, 4.69) is 55.5 Å². The maximum Gasteiger partial charge on any atom is 0.0902 e. The number of aryl methyl sites for hydroxylation is 1. The Labute approximate surface area is 134 Å². The van der Waals surface area contributed by atoms with Crippen LogP contribution in [0.2, 0.25) is 5.02 Å². The summed E-state index contributed by atoms with van der Waals surface area (Å²) in [5, 5.41) is 2.95. The molecule has 0 atom stereocenters. The number of para-hydroxylation sites is 1. The maximum absolute atomic E-state index is 6.39. The first-order valence-electron chi connectivity index (χ1n) is 7.28. The number of aromatic nitrogens is 1. The van der Waals surface area contributed by atoms with Crippen molar-refractivity contribution in [2.75, 3.05) is 0 Å². The molecule has 4 aromatic rings. The fourth-order valence-electron chi connectivity index (χ4n) is 2.96. The lowest BCUT2D eigenvalue weighted by Gasteiger charge is -2.12. The number of pyridine rings is 1. The van der Waals surface area contributed by atoms with Gasteiger partial charge in [0.05, 0.1) is 16.1 Å². The van der Waals surface area contributed by atoms with E-state index in [0.717, 1.165) is 16.4 Å². The molecule has 1 aromatic heterocycles. The summed E-state index contributed by atoms with van der Waals surface area (Å²) in [6.07, 6.45) is 0. The number of rotatable bonds is 1. The molecule has 0 unspecified atom stereocenters. The summed E-state index contributed by atoms with van der Waals surface area (Å²) in [6.45, 7) is 2.11. The Morgan fingerprint density at radius 3 is 2.45 bits per heavy atom. The average Bonchev–Trinajstić information content (AvgIpc) is 2.54. The molecule has 22 heavy (non-hydrogen) atoms. The summed E-state index contributed by atoms with van der Waals surface area (Å²) < 4.78 is 0. The molecule has 0 amide bonds. The molecule has 0 aliphatic rings. The molecule has 0 aliphatic carbocycles. The highest BCUT2D eigenvalue weighted by atomic mass is 35.5. The molecule has 0 fully saturated rings.